The number of anilines is 1. The zero-order valence-electron chi connectivity index (χ0n) is 12.4. The average Bonchev–Trinajstić information content (AvgIpc) is 2.84. The topological polar surface area (TPSA) is 39.1 Å². The molecule has 4 heteroatoms. The lowest BCUT2D eigenvalue weighted by Crippen LogP contribution is -2.36. The maximum absolute atomic E-state index is 5.14. The van der Waals surface area contributed by atoms with Gasteiger partial charge in [-0.2, -0.15) is 0 Å². The minimum Gasteiger partial charge on any atom is -0.383 e. The van der Waals surface area contributed by atoms with E-state index in [2.05, 4.69) is 28.7 Å². The van der Waals surface area contributed by atoms with Crippen LogP contribution in [0.15, 0.2) is 12.4 Å². The fourth-order valence-corrected chi connectivity index (χ4v) is 3.12. The average molecular weight is 265 g/mol. The van der Waals surface area contributed by atoms with Gasteiger partial charge in [0, 0.05) is 32.1 Å². The molecule has 1 aromatic heterocycles. The van der Waals surface area contributed by atoms with Crippen LogP contribution in [0.4, 0.5) is 5.95 Å². The number of imidazole rings is 1. The van der Waals surface area contributed by atoms with Crippen molar-refractivity contribution in [3.8, 4) is 0 Å². The number of ether oxygens (including phenoxy) is 1. The van der Waals surface area contributed by atoms with Crippen molar-refractivity contribution in [3.05, 3.63) is 12.4 Å². The van der Waals surface area contributed by atoms with E-state index < -0.39 is 0 Å². The summed E-state index contributed by atoms with van der Waals surface area (Å²) >= 11 is 0. The number of aromatic nitrogens is 2. The maximum atomic E-state index is 5.14. The van der Waals surface area contributed by atoms with Crippen molar-refractivity contribution in [2.45, 2.75) is 52.1 Å². The van der Waals surface area contributed by atoms with Gasteiger partial charge in [-0.25, -0.2) is 4.98 Å². The highest BCUT2D eigenvalue weighted by Gasteiger charge is 2.28. The molecule has 1 N–H and O–H groups in total. The molecule has 1 heterocycles. The standard InChI is InChI=1S/C15H27N3O/c1-12(2)13-6-4-5-7-14(13)17-15-16-8-9-18(15)10-11-19-3/h8-9,12-14H,4-7,10-11H2,1-3H3,(H,16,17). The number of nitrogens with one attached hydrogen (secondary N) is 1. The van der Waals surface area contributed by atoms with E-state index >= 15 is 0 Å². The SMILES string of the molecule is COCCn1ccnc1NC1CCCCC1C(C)C. The Labute approximate surface area is 116 Å². The van der Waals surface area contributed by atoms with E-state index in [1.54, 1.807) is 7.11 Å². The molecule has 2 rings (SSSR count). The normalized spacial score (nSPS) is 23.8. The number of hydrogen-bond acceptors (Lipinski definition) is 3. The van der Waals surface area contributed by atoms with Crippen molar-refractivity contribution >= 4 is 5.95 Å². The van der Waals surface area contributed by atoms with E-state index in [0.717, 1.165) is 30.9 Å². The summed E-state index contributed by atoms with van der Waals surface area (Å²) in [5.74, 6) is 2.50. The number of methoxy groups -OCH3 is 1. The van der Waals surface area contributed by atoms with Crippen molar-refractivity contribution in [2.75, 3.05) is 19.0 Å². The molecular formula is C15H27N3O. The highest BCUT2D eigenvalue weighted by atomic mass is 16.5. The van der Waals surface area contributed by atoms with Gasteiger partial charge < -0.3 is 14.6 Å². The van der Waals surface area contributed by atoms with Crippen LogP contribution in [-0.2, 0) is 11.3 Å². The molecule has 1 aromatic rings. The predicted molar refractivity (Wildman–Crippen MR) is 78.3 cm³/mol. The molecule has 19 heavy (non-hydrogen) atoms. The third kappa shape index (κ3) is 3.72. The Balaban J connectivity index is 2.00. The fourth-order valence-electron chi connectivity index (χ4n) is 3.12. The summed E-state index contributed by atoms with van der Waals surface area (Å²) in [6, 6.07) is 0.567. The van der Waals surface area contributed by atoms with Gasteiger partial charge in [-0.1, -0.05) is 26.7 Å². The molecule has 0 bridgehead atoms. The smallest absolute Gasteiger partial charge is 0.203 e. The number of hydrogen-bond donors (Lipinski definition) is 1. The third-order valence-corrected chi connectivity index (χ3v) is 4.24. The quantitative estimate of drug-likeness (QED) is 0.858. The van der Waals surface area contributed by atoms with Crippen molar-refractivity contribution < 1.29 is 4.74 Å². The maximum Gasteiger partial charge on any atom is 0.203 e. The third-order valence-electron chi connectivity index (χ3n) is 4.24. The molecule has 4 nitrogen and oxygen atoms in total. The summed E-state index contributed by atoms with van der Waals surface area (Å²) < 4.78 is 7.29. The highest BCUT2D eigenvalue weighted by molar-refractivity contribution is 5.28. The van der Waals surface area contributed by atoms with Gasteiger partial charge in [-0.3, -0.25) is 0 Å². The molecule has 2 atom stereocenters. The first-order valence-electron chi connectivity index (χ1n) is 7.49. The van der Waals surface area contributed by atoms with Crippen molar-refractivity contribution in [3.63, 3.8) is 0 Å². The van der Waals surface area contributed by atoms with E-state index in [0.29, 0.717) is 6.04 Å². The Morgan fingerprint density at radius 3 is 2.95 bits per heavy atom. The van der Waals surface area contributed by atoms with Crippen LogP contribution in [-0.4, -0.2) is 29.3 Å². The summed E-state index contributed by atoms with van der Waals surface area (Å²) in [6.07, 6.45) is 9.20. The first kappa shape index (κ1) is 14.4. The van der Waals surface area contributed by atoms with Gasteiger partial charge in [0.1, 0.15) is 0 Å². The number of nitrogens with zero attached hydrogens (tertiary/aromatic N) is 2. The van der Waals surface area contributed by atoms with Gasteiger partial charge in [0.25, 0.3) is 0 Å². The van der Waals surface area contributed by atoms with Crippen molar-refractivity contribution in [2.24, 2.45) is 11.8 Å². The van der Waals surface area contributed by atoms with Crippen LogP contribution in [0.3, 0.4) is 0 Å². The predicted octanol–water partition coefficient (Wildman–Crippen LogP) is 3.16. The molecule has 1 aliphatic rings. The van der Waals surface area contributed by atoms with Gasteiger partial charge in [-0.15, -0.1) is 0 Å². The fraction of sp³-hybridized carbons (Fsp3) is 0.800. The molecule has 0 radical (unpaired) electrons. The summed E-state index contributed by atoms with van der Waals surface area (Å²) in [4.78, 5) is 4.45. The van der Waals surface area contributed by atoms with E-state index in [1.165, 1.54) is 25.7 Å². The molecule has 108 valence electrons. The Bertz CT molecular complexity index is 375. The summed E-state index contributed by atoms with van der Waals surface area (Å²) in [5, 5.41) is 3.67. The van der Waals surface area contributed by atoms with Crippen LogP contribution < -0.4 is 5.32 Å². The zero-order valence-corrected chi connectivity index (χ0v) is 12.4. The summed E-state index contributed by atoms with van der Waals surface area (Å²) in [7, 11) is 1.74. The lowest BCUT2D eigenvalue weighted by molar-refractivity contribution is 0.187. The lowest BCUT2D eigenvalue weighted by atomic mass is 9.78. The minimum absolute atomic E-state index is 0.567. The van der Waals surface area contributed by atoms with Crippen molar-refractivity contribution in [1.29, 1.82) is 0 Å². The molecule has 1 fully saturated rings. The van der Waals surface area contributed by atoms with Gasteiger partial charge in [-0.05, 0) is 24.7 Å². The van der Waals surface area contributed by atoms with Crippen LogP contribution in [0.1, 0.15) is 39.5 Å². The van der Waals surface area contributed by atoms with Gasteiger partial charge in [0.05, 0.1) is 6.61 Å². The van der Waals surface area contributed by atoms with Crippen LogP contribution in [0, 0.1) is 11.8 Å². The minimum atomic E-state index is 0.567. The van der Waals surface area contributed by atoms with E-state index in [1.807, 2.05) is 12.4 Å². The Morgan fingerprint density at radius 1 is 1.42 bits per heavy atom. The lowest BCUT2D eigenvalue weighted by Gasteiger charge is -2.35. The largest absolute Gasteiger partial charge is 0.383 e. The Morgan fingerprint density at radius 2 is 2.21 bits per heavy atom. The van der Waals surface area contributed by atoms with Crippen LogP contribution in [0.25, 0.3) is 0 Å². The second-order valence-corrected chi connectivity index (χ2v) is 5.88. The van der Waals surface area contributed by atoms with Gasteiger partial charge in [0.2, 0.25) is 5.95 Å². The highest BCUT2D eigenvalue weighted by Crippen LogP contribution is 2.31. The monoisotopic (exact) mass is 265 g/mol. The molecule has 2 unspecified atom stereocenters. The molecule has 1 aliphatic carbocycles. The van der Waals surface area contributed by atoms with Gasteiger partial charge in [0.15, 0.2) is 0 Å². The number of rotatable bonds is 6. The second kappa shape index (κ2) is 6.94. The molecule has 0 saturated heterocycles. The summed E-state index contributed by atoms with van der Waals surface area (Å²) in [6.45, 7) is 6.26. The van der Waals surface area contributed by atoms with Crippen LogP contribution >= 0.6 is 0 Å². The van der Waals surface area contributed by atoms with Crippen LogP contribution in [0.5, 0.6) is 0 Å². The summed E-state index contributed by atoms with van der Waals surface area (Å²) in [5.41, 5.74) is 0. The zero-order chi connectivity index (χ0) is 13.7. The first-order valence-corrected chi connectivity index (χ1v) is 7.49. The van der Waals surface area contributed by atoms with E-state index in [-0.39, 0.29) is 0 Å². The van der Waals surface area contributed by atoms with Gasteiger partial charge >= 0.3 is 0 Å². The molecular weight excluding hydrogens is 238 g/mol. The van der Waals surface area contributed by atoms with E-state index in [9.17, 15) is 0 Å². The molecule has 1 saturated carbocycles. The molecule has 0 amide bonds. The Hall–Kier alpha value is -1.03. The Kier molecular flexibility index (Phi) is 5.25. The molecule has 0 spiro atoms. The first-order chi connectivity index (χ1) is 9.22. The van der Waals surface area contributed by atoms with Crippen LogP contribution in [0.2, 0.25) is 0 Å². The van der Waals surface area contributed by atoms with Crippen molar-refractivity contribution in [1.82, 2.24) is 9.55 Å². The molecule has 0 aliphatic heterocycles. The van der Waals surface area contributed by atoms with E-state index in [4.69, 9.17) is 4.74 Å². The second-order valence-electron chi connectivity index (χ2n) is 5.88. The molecule has 0 aromatic carbocycles.